The monoisotopic (exact) mass is 384 g/mol. The van der Waals surface area contributed by atoms with E-state index >= 15 is 0 Å². The first-order valence-electron chi connectivity index (χ1n) is 9.95. The Balaban J connectivity index is 0.000000878. The lowest BCUT2D eigenvalue weighted by atomic mass is 9.76. The lowest BCUT2D eigenvalue weighted by Gasteiger charge is -2.34. The average Bonchev–Trinajstić information content (AvgIpc) is 2.72. The van der Waals surface area contributed by atoms with Crippen molar-refractivity contribution in [2.75, 3.05) is 20.1 Å². The van der Waals surface area contributed by atoms with Crippen molar-refractivity contribution in [3.8, 4) is 6.07 Å². The highest BCUT2D eigenvalue weighted by Crippen LogP contribution is 2.41. The standard InChI is InChI=1S/C22H27F2N.C2H3N/c1-25(15-13-17-6-3-2-4-7-17)14-5-8-18-9-11-19(12-10-18)20-16-21(23)22(20)24;1-2-3/h2-4,6-7,9-12,20-22H,5,8,13-16H2,1H3;1H3. The van der Waals surface area contributed by atoms with Gasteiger partial charge >= 0.3 is 0 Å². The summed E-state index contributed by atoms with van der Waals surface area (Å²) >= 11 is 0. The third-order valence-electron chi connectivity index (χ3n) is 5.25. The van der Waals surface area contributed by atoms with Gasteiger partial charge in [0.1, 0.15) is 12.3 Å². The van der Waals surface area contributed by atoms with Crippen molar-refractivity contribution < 1.29 is 8.78 Å². The fourth-order valence-electron chi connectivity index (χ4n) is 3.44. The van der Waals surface area contributed by atoms with E-state index in [9.17, 15) is 8.78 Å². The van der Waals surface area contributed by atoms with Crippen molar-refractivity contribution in [3.63, 3.8) is 0 Å². The molecule has 2 aromatic rings. The van der Waals surface area contributed by atoms with Crippen molar-refractivity contribution in [2.45, 2.75) is 50.9 Å². The highest BCUT2D eigenvalue weighted by Gasteiger charge is 2.42. The molecule has 0 heterocycles. The Morgan fingerprint density at radius 2 is 1.57 bits per heavy atom. The van der Waals surface area contributed by atoms with Crippen molar-refractivity contribution in [1.82, 2.24) is 4.90 Å². The van der Waals surface area contributed by atoms with E-state index in [0.29, 0.717) is 6.42 Å². The molecule has 1 aliphatic rings. The number of likely N-dealkylation sites (N-methyl/N-ethyl adjacent to an activating group) is 1. The minimum absolute atomic E-state index is 0.242. The molecular formula is C24H30F2N2. The summed E-state index contributed by atoms with van der Waals surface area (Å²) in [7, 11) is 2.16. The summed E-state index contributed by atoms with van der Waals surface area (Å²) in [6, 6.07) is 20.4. The zero-order valence-electron chi connectivity index (χ0n) is 16.8. The van der Waals surface area contributed by atoms with Crippen molar-refractivity contribution in [1.29, 1.82) is 5.26 Å². The molecule has 3 atom stereocenters. The second kappa shape index (κ2) is 11.6. The molecular weight excluding hydrogens is 354 g/mol. The van der Waals surface area contributed by atoms with Gasteiger partial charge in [0.15, 0.2) is 0 Å². The normalized spacial score (nSPS) is 20.6. The van der Waals surface area contributed by atoms with Crippen LogP contribution in [0.1, 0.15) is 42.4 Å². The topological polar surface area (TPSA) is 27.0 Å². The van der Waals surface area contributed by atoms with E-state index in [1.807, 2.05) is 18.2 Å². The van der Waals surface area contributed by atoms with Crippen molar-refractivity contribution in [2.24, 2.45) is 0 Å². The maximum Gasteiger partial charge on any atom is 0.138 e. The van der Waals surface area contributed by atoms with Gasteiger partial charge in [0.05, 0.1) is 6.07 Å². The lowest BCUT2D eigenvalue weighted by molar-refractivity contribution is 0.0428. The molecule has 0 aromatic heterocycles. The molecule has 0 N–H and O–H groups in total. The molecule has 150 valence electrons. The predicted octanol–water partition coefficient (Wildman–Crippen LogP) is 5.49. The van der Waals surface area contributed by atoms with Gasteiger partial charge in [-0.25, -0.2) is 8.78 Å². The zero-order valence-corrected chi connectivity index (χ0v) is 16.8. The van der Waals surface area contributed by atoms with Crippen LogP contribution in [0.2, 0.25) is 0 Å². The zero-order chi connectivity index (χ0) is 20.4. The van der Waals surface area contributed by atoms with Crippen LogP contribution in [0.3, 0.4) is 0 Å². The van der Waals surface area contributed by atoms with Gasteiger partial charge < -0.3 is 4.90 Å². The van der Waals surface area contributed by atoms with Crippen LogP contribution in [-0.2, 0) is 12.8 Å². The molecule has 3 unspecified atom stereocenters. The summed E-state index contributed by atoms with van der Waals surface area (Å²) in [4.78, 5) is 2.37. The largest absolute Gasteiger partial charge is 0.306 e. The molecule has 0 amide bonds. The highest BCUT2D eigenvalue weighted by molar-refractivity contribution is 5.29. The number of rotatable bonds is 8. The first kappa shape index (κ1) is 22.0. The molecule has 1 saturated carbocycles. The molecule has 0 saturated heterocycles. The number of nitrogens with zero attached hydrogens (tertiary/aromatic N) is 2. The fraction of sp³-hybridized carbons (Fsp3) is 0.458. The number of alkyl halides is 2. The molecule has 2 aromatic carbocycles. The van der Waals surface area contributed by atoms with Crippen LogP contribution in [0.25, 0.3) is 0 Å². The maximum absolute atomic E-state index is 13.5. The summed E-state index contributed by atoms with van der Waals surface area (Å²) < 4.78 is 26.4. The third kappa shape index (κ3) is 6.73. The second-order valence-electron chi connectivity index (χ2n) is 7.41. The summed E-state index contributed by atoms with van der Waals surface area (Å²) in [5.74, 6) is -0.242. The smallest absolute Gasteiger partial charge is 0.138 e. The first-order valence-corrected chi connectivity index (χ1v) is 9.95. The number of halogens is 2. The molecule has 0 bridgehead atoms. The maximum atomic E-state index is 13.5. The van der Waals surface area contributed by atoms with Crippen LogP contribution in [0.15, 0.2) is 54.6 Å². The summed E-state index contributed by atoms with van der Waals surface area (Å²) in [5, 5.41) is 7.32. The van der Waals surface area contributed by atoms with E-state index in [1.165, 1.54) is 18.1 Å². The summed E-state index contributed by atoms with van der Waals surface area (Å²) in [6.07, 6.45) is 0.943. The Morgan fingerprint density at radius 1 is 0.964 bits per heavy atom. The quantitative estimate of drug-likeness (QED) is 0.602. The highest BCUT2D eigenvalue weighted by atomic mass is 19.2. The SMILES string of the molecule is CC#N.CN(CCCc1ccc(C2CC(F)C2F)cc1)CCc1ccccc1. The molecule has 4 heteroatoms. The predicted molar refractivity (Wildman–Crippen MR) is 111 cm³/mol. The van der Waals surface area contributed by atoms with E-state index in [0.717, 1.165) is 37.9 Å². The van der Waals surface area contributed by atoms with Crippen molar-refractivity contribution in [3.05, 3.63) is 71.3 Å². The van der Waals surface area contributed by atoms with Crippen LogP contribution < -0.4 is 0 Å². The molecule has 0 aliphatic heterocycles. The number of nitriles is 1. The average molecular weight is 385 g/mol. The van der Waals surface area contributed by atoms with Gasteiger partial charge in [-0.15, -0.1) is 0 Å². The minimum atomic E-state index is -1.32. The summed E-state index contributed by atoms with van der Waals surface area (Å²) in [5.41, 5.74) is 3.58. The Kier molecular flexibility index (Phi) is 9.10. The van der Waals surface area contributed by atoms with Crippen LogP contribution in [0.4, 0.5) is 8.78 Å². The minimum Gasteiger partial charge on any atom is -0.306 e. The molecule has 1 fully saturated rings. The lowest BCUT2D eigenvalue weighted by Crippen LogP contribution is -2.38. The van der Waals surface area contributed by atoms with E-state index in [-0.39, 0.29) is 5.92 Å². The van der Waals surface area contributed by atoms with Crippen LogP contribution in [0.5, 0.6) is 0 Å². The molecule has 1 aliphatic carbocycles. The number of aryl methyl sites for hydroxylation is 1. The van der Waals surface area contributed by atoms with Crippen LogP contribution in [0, 0.1) is 11.3 Å². The Hall–Kier alpha value is -2.25. The van der Waals surface area contributed by atoms with Gasteiger partial charge in [-0.3, -0.25) is 0 Å². The summed E-state index contributed by atoms with van der Waals surface area (Å²) in [6.45, 7) is 3.56. The van der Waals surface area contributed by atoms with Gasteiger partial charge in [-0.05, 0) is 56.0 Å². The number of benzene rings is 2. The Morgan fingerprint density at radius 3 is 2.14 bits per heavy atom. The number of hydrogen-bond donors (Lipinski definition) is 0. The fourth-order valence-corrected chi connectivity index (χ4v) is 3.44. The van der Waals surface area contributed by atoms with Gasteiger partial charge in [0.2, 0.25) is 0 Å². The van der Waals surface area contributed by atoms with Crippen LogP contribution in [-0.4, -0.2) is 37.4 Å². The molecule has 3 rings (SSSR count). The van der Waals surface area contributed by atoms with Crippen LogP contribution >= 0.6 is 0 Å². The van der Waals surface area contributed by atoms with Gasteiger partial charge in [-0.2, -0.15) is 5.26 Å². The second-order valence-corrected chi connectivity index (χ2v) is 7.41. The molecule has 0 radical (unpaired) electrons. The number of hydrogen-bond acceptors (Lipinski definition) is 2. The molecule has 28 heavy (non-hydrogen) atoms. The van der Waals surface area contributed by atoms with E-state index in [2.05, 4.69) is 48.3 Å². The Labute approximate surface area is 167 Å². The van der Waals surface area contributed by atoms with E-state index in [1.54, 1.807) is 6.07 Å². The molecule has 0 spiro atoms. The van der Waals surface area contributed by atoms with Gasteiger partial charge in [0, 0.05) is 19.4 Å². The van der Waals surface area contributed by atoms with E-state index in [4.69, 9.17) is 5.26 Å². The van der Waals surface area contributed by atoms with Gasteiger partial charge in [0.25, 0.3) is 0 Å². The molecule has 2 nitrogen and oxygen atoms in total. The van der Waals surface area contributed by atoms with Crippen molar-refractivity contribution >= 4 is 0 Å². The van der Waals surface area contributed by atoms with E-state index < -0.39 is 12.3 Å². The Bertz CT molecular complexity index is 725. The first-order chi connectivity index (χ1) is 13.5. The van der Waals surface area contributed by atoms with Gasteiger partial charge in [-0.1, -0.05) is 54.6 Å². The third-order valence-corrected chi connectivity index (χ3v) is 5.25.